The van der Waals surface area contributed by atoms with Crippen molar-refractivity contribution >= 4 is 0 Å². The number of unbranched alkanes of at least 4 members (excludes halogenated alkanes) is 1. The summed E-state index contributed by atoms with van der Waals surface area (Å²) >= 11 is 0. The number of rotatable bonds is 21. The van der Waals surface area contributed by atoms with Crippen molar-refractivity contribution in [3.05, 3.63) is 0 Å². The zero-order valence-corrected chi connectivity index (χ0v) is 20.8. The zero-order chi connectivity index (χ0) is 22.8. The van der Waals surface area contributed by atoms with Crippen LogP contribution >= 0.6 is 0 Å². The van der Waals surface area contributed by atoms with E-state index in [1.165, 1.54) is 64.2 Å². The molecule has 0 spiro atoms. The first-order valence-electron chi connectivity index (χ1n) is 12.8. The summed E-state index contributed by atoms with van der Waals surface area (Å²) in [5, 5.41) is 27.5. The largest absolute Gasteiger partial charge is 0.394 e. The van der Waals surface area contributed by atoms with E-state index in [0.29, 0.717) is 6.61 Å². The van der Waals surface area contributed by atoms with Crippen molar-refractivity contribution in [2.45, 2.75) is 124 Å². The van der Waals surface area contributed by atoms with Crippen LogP contribution in [0.2, 0.25) is 0 Å². The molecule has 0 fully saturated rings. The minimum absolute atomic E-state index is 0.0892. The Labute approximate surface area is 187 Å². The lowest BCUT2D eigenvalue weighted by Crippen LogP contribution is -2.33. The van der Waals surface area contributed by atoms with Crippen LogP contribution in [0.3, 0.4) is 0 Å². The predicted molar refractivity (Wildman–Crippen MR) is 128 cm³/mol. The Hall–Kier alpha value is -0.160. The number of hydrogen-bond acceptors (Lipinski definition) is 4. The molecule has 4 nitrogen and oxygen atoms in total. The molecule has 0 amide bonds. The van der Waals surface area contributed by atoms with Crippen molar-refractivity contribution in [3.8, 4) is 0 Å². The van der Waals surface area contributed by atoms with E-state index in [-0.39, 0.29) is 6.61 Å². The lowest BCUT2D eigenvalue weighted by atomic mass is 9.90. The zero-order valence-electron chi connectivity index (χ0n) is 20.8. The predicted octanol–water partition coefficient (Wildman–Crippen LogP) is 5.96. The van der Waals surface area contributed by atoms with Gasteiger partial charge in [0.2, 0.25) is 0 Å². The van der Waals surface area contributed by atoms with Gasteiger partial charge in [-0.1, -0.05) is 105 Å². The van der Waals surface area contributed by atoms with E-state index < -0.39 is 18.8 Å². The van der Waals surface area contributed by atoms with Gasteiger partial charge in [0.15, 0.2) is 0 Å². The molecule has 0 saturated heterocycles. The van der Waals surface area contributed by atoms with Gasteiger partial charge in [0, 0.05) is 6.61 Å². The lowest BCUT2D eigenvalue weighted by Gasteiger charge is -2.17. The minimum Gasteiger partial charge on any atom is -0.394 e. The van der Waals surface area contributed by atoms with Gasteiger partial charge < -0.3 is 20.1 Å². The van der Waals surface area contributed by atoms with Crippen molar-refractivity contribution in [1.29, 1.82) is 0 Å². The van der Waals surface area contributed by atoms with Gasteiger partial charge >= 0.3 is 0 Å². The van der Waals surface area contributed by atoms with Gasteiger partial charge in [-0.3, -0.25) is 0 Å². The lowest BCUT2D eigenvalue weighted by molar-refractivity contribution is -0.0571. The molecule has 0 radical (unpaired) electrons. The third-order valence-electron chi connectivity index (χ3n) is 6.42. The third kappa shape index (κ3) is 18.6. The quantitative estimate of drug-likeness (QED) is 0.196. The normalized spacial score (nSPS) is 17.1. The van der Waals surface area contributed by atoms with Gasteiger partial charge in [0.25, 0.3) is 0 Å². The van der Waals surface area contributed by atoms with Gasteiger partial charge in [-0.25, -0.2) is 0 Å². The number of hydrogen-bond donors (Lipinski definition) is 3. The van der Waals surface area contributed by atoms with Crippen molar-refractivity contribution in [2.24, 2.45) is 23.7 Å². The van der Waals surface area contributed by atoms with Gasteiger partial charge in [-0.05, 0) is 30.1 Å². The highest BCUT2D eigenvalue weighted by Gasteiger charge is 2.14. The van der Waals surface area contributed by atoms with Crippen LogP contribution in [-0.4, -0.2) is 47.3 Å². The molecule has 0 bridgehead atoms. The van der Waals surface area contributed by atoms with Gasteiger partial charge in [0.05, 0.1) is 13.2 Å². The monoisotopic (exact) mass is 430 g/mol. The Bertz CT molecular complexity index is 361. The standard InChI is InChI=1S/C26H54O4/c1-21(2)11-8-13-23(4)15-10-17-24(5)16-9-14-22(3)12-6-7-18-30-20-26(29)25(28)19-27/h21-29H,6-20H2,1-5H3/t22?,23?,24?,25-,26+/m1/s1. The SMILES string of the molecule is CC(C)CCCC(C)CCCC(C)CCCC(C)CCCCOC[C@H](O)[C@H](O)CO. The van der Waals surface area contributed by atoms with Crippen molar-refractivity contribution in [2.75, 3.05) is 19.8 Å². The van der Waals surface area contributed by atoms with E-state index in [9.17, 15) is 10.2 Å². The second kappa shape index (κ2) is 19.5. The highest BCUT2D eigenvalue weighted by Crippen LogP contribution is 2.23. The van der Waals surface area contributed by atoms with Gasteiger partial charge in [-0.15, -0.1) is 0 Å². The molecule has 0 aliphatic heterocycles. The highest BCUT2D eigenvalue weighted by atomic mass is 16.5. The molecule has 0 aromatic carbocycles. The van der Waals surface area contributed by atoms with E-state index in [2.05, 4.69) is 34.6 Å². The summed E-state index contributed by atoms with van der Waals surface area (Å²) in [6, 6.07) is 0. The molecular formula is C26H54O4. The van der Waals surface area contributed by atoms with Crippen molar-refractivity contribution < 1.29 is 20.1 Å². The Morgan fingerprint density at radius 3 is 1.43 bits per heavy atom. The Kier molecular flexibility index (Phi) is 19.4. The fourth-order valence-corrected chi connectivity index (χ4v) is 4.07. The van der Waals surface area contributed by atoms with E-state index in [1.54, 1.807) is 0 Å². The second-order valence-electron chi connectivity index (χ2n) is 10.4. The average Bonchev–Trinajstić information content (AvgIpc) is 2.69. The molecule has 0 saturated carbocycles. The minimum atomic E-state index is -1.11. The first-order chi connectivity index (χ1) is 14.3. The molecule has 3 unspecified atom stereocenters. The smallest absolute Gasteiger partial charge is 0.105 e. The molecule has 182 valence electrons. The molecule has 4 heteroatoms. The van der Waals surface area contributed by atoms with E-state index in [4.69, 9.17) is 9.84 Å². The van der Waals surface area contributed by atoms with Crippen LogP contribution in [0.4, 0.5) is 0 Å². The summed E-state index contributed by atoms with van der Waals surface area (Å²) in [6.45, 7) is 12.1. The summed E-state index contributed by atoms with van der Waals surface area (Å²) in [5.74, 6) is 3.36. The molecule has 0 aliphatic rings. The van der Waals surface area contributed by atoms with Crippen LogP contribution in [0.5, 0.6) is 0 Å². The number of aliphatic hydroxyl groups is 3. The molecule has 0 aliphatic carbocycles. The van der Waals surface area contributed by atoms with Gasteiger partial charge in [-0.2, -0.15) is 0 Å². The van der Waals surface area contributed by atoms with E-state index >= 15 is 0 Å². The Balaban J connectivity index is 3.53. The fourth-order valence-electron chi connectivity index (χ4n) is 4.07. The molecular weight excluding hydrogens is 376 g/mol. The van der Waals surface area contributed by atoms with E-state index in [1.807, 2.05) is 0 Å². The van der Waals surface area contributed by atoms with Crippen LogP contribution in [0.1, 0.15) is 112 Å². The van der Waals surface area contributed by atoms with Crippen LogP contribution in [0.15, 0.2) is 0 Å². The molecule has 5 atom stereocenters. The Morgan fingerprint density at radius 2 is 1.00 bits per heavy atom. The van der Waals surface area contributed by atoms with Crippen molar-refractivity contribution in [1.82, 2.24) is 0 Å². The van der Waals surface area contributed by atoms with Crippen molar-refractivity contribution in [3.63, 3.8) is 0 Å². The first-order valence-corrected chi connectivity index (χ1v) is 12.8. The summed E-state index contributed by atoms with van der Waals surface area (Å²) in [7, 11) is 0. The molecule has 0 heterocycles. The maximum atomic E-state index is 9.50. The molecule has 0 aromatic heterocycles. The molecule has 0 aromatic rings. The maximum Gasteiger partial charge on any atom is 0.105 e. The summed E-state index contributed by atoms with van der Waals surface area (Å²) in [6.07, 6.45) is 13.6. The Morgan fingerprint density at radius 1 is 0.567 bits per heavy atom. The van der Waals surface area contributed by atoms with Crippen LogP contribution in [-0.2, 0) is 4.74 Å². The number of aliphatic hydroxyl groups excluding tert-OH is 3. The topological polar surface area (TPSA) is 69.9 Å². The molecule has 0 rings (SSSR count). The van der Waals surface area contributed by atoms with E-state index in [0.717, 1.165) is 36.5 Å². The third-order valence-corrected chi connectivity index (χ3v) is 6.42. The molecule has 30 heavy (non-hydrogen) atoms. The summed E-state index contributed by atoms with van der Waals surface area (Å²) in [4.78, 5) is 0. The number of ether oxygens (including phenoxy) is 1. The van der Waals surface area contributed by atoms with Crippen LogP contribution < -0.4 is 0 Å². The maximum absolute atomic E-state index is 9.50. The average molecular weight is 431 g/mol. The highest BCUT2D eigenvalue weighted by molar-refractivity contribution is 4.65. The van der Waals surface area contributed by atoms with Crippen LogP contribution in [0.25, 0.3) is 0 Å². The fraction of sp³-hybridized carbons (Fsp3) is 1.00. The second-order valence-corrected chi connectivity index (χ2v) is 10.4. The molecule has 3 N–H and O–H groups in total. The first kappa shape index (κ1) is 29.8. The summed E-state index contributed by atoms with van der Waals surface area (Å²) < 4.78 is 5.38. The van der Waals surface area contributed by atoms with Crippen LogP contribution in [0, 0.1) is 23.7 Å². The summed E-state index contributed by atoms with van der Waals surface area (Å²) in [5.41, 5.74) is 0. The van der Waals surface area contributed by atoms with Gasteiger partial charge in [0.1, 0.15) is 12.2 Å².